The normalized spacial score (nSPS) is 10.4. The highest BCUT2D eigenvalue weighted by atomic mass is 16.5. The second-order valence-corrected chi connectivity index (χ2v) is 4.17. The van der Waals surface area contributed by atoms with Gasteiger partial charge >= 0.3 is 5.97 Å². The summed E-state index contributed by atoms with van der Waals surface area (Å²) < 4.78 is 5.50. The molecule has 5 nitrogen and oxygen atoms in total. The molecule has 2 N–H and O–H groups in total. The number of ether oxygens (including phenoxy) is 1. The lowest BCUT2D eigenvalue weighted by atomic mass is 10.1. The standard InChI is InChI=1S/C14H16N2O3/c1-2-7-19-11-5-3-10(4-6-11)14-12(8-13(17)18)15-9-16-14/h3-6,9H,2,7-8H2,1H3,(H,15,16)(H,17,18). The average Bonchev–Trinajstić information content (AvgIpc) is 2.84. The number of aromatic amines is 1. The van der Waals surface area contributed by atoms with Crippen LogP contribution in [0, 0.1) is 0 Å². The molecule has 1 aromatic carbocycles. The summed E-state index contributed by atoms with van der Waals surface area (Å²) in [5, 5.41) is 8.83. The lowest BCUT2D eigenvalue weighted by Crippen LogP contribution is -2.01. The molecule has 1 aromatic heterocycles. The molecule has 0 aliphatic carbocycles. The molecule has 0 bridgehead atoms. The van der Waals surface area contributed by atoms with Gasteiger partial charge in [-0.1, -0.05) is 6.92 Å². The fourth-order valence-corrected chi connectivity index (χ4v) is 1.78. The first-order valence-corrected chi connectivity index (χ1v) is 6.18. The van der Waals surface area contributed by atoms with Crippen LogP contribution in [0.2, 0.25) is 0 Å². The van der Waals surface area contributed by atoms with E-state index < -0.39 is 5.97 Å². The Balaban J connectivity index is 2.18. The van der Waals surface area contributed by atoms with Crippen LogP contribution in [0.1, 0.15) is 19.0 Å². The second kappa shape index (κ2) is 6.04. The van der Waals surface area contributed by atoms with Gasteiger partial charge in [0.25, 0.3) is 0 Å². The summed E-state index contributed by atoms with van der Waals surface area (Å²) >= 11 is 0. The molecule has 0 aliphatic heterocycles. The summed E-state index contributed by atoms with van der Waals surface area (Å²) in [5.41, 5.74) is 2.15. The highest BCUT2D eigenvalue weighted by Gasteiger charge is 2.11. The third kappa shape index (κ3) is 3.34. The van der Waals surface area contributed by atoms with Gasteiger partial charge < -0.3 is 14.8 Å². The molecule has 0 aliphatic rings. The Hall–Kier alpha value is -2.30. The van der Waals surface area contributed by atoms with E-state index in [1.165, 1.54) is 6.33 Å². The molecule has 0 spiro atoms. The molecule has 1 heterocycles. The maximum atomic E-state index is 10.8. The molecule has 0 fully saturated rings. The minimum Gasteiger partial charge on any atom is -0.494 e. The maximum Gasteiger partial charge on any atom is 0.309 e. The Morgan fingerprint density at radius 3 is 2.74 bits per heavy atom. The number of nitrogens with zero attached hydrogens (tertiary/aromatic N) is 1. The molecule has 2 aromatic rings. The van der Waals surface area contributed by atoms with Crippen LogP contribution in [-0.2, 0) is 11.2 Å². The van der Waals surface area contributed by atoms with Crippen LogP contribution in [-0.4, -0.2) is 27.7 Å². The van der Waals surface area contributed by atoms with Gasteiger partial charge in [0.15, 0.2) is 0 Å². The van der Waals surface area contributed by atoms with Gasteiger partial charge in [0.05, 0.1) is 30.7 Å². The van der Waals surface area contributed by atoms with E-state index in [2.05, 4.69) is 16.9 Å². The molecular weight excluding hydrogens is 244 g/mol. The Kier molecular flexibility index (Phi) is 4.18. The van der Waals surface area contributed by atoms with E-state index >= 15 is 0 Å². The molecular formula is C14H16N2O3. The first-order chi connectivity index (χ1) is 9.20. The van der Waals surface area contributed by atoms with Crippen molar-refractivity contribution in [1.82, 2.24) is 9.97 Å². The smallest absolute Gasteiger partial charge is 0.309 e. The summed E-state index contributed by atoms with van der Waals surface area (Å²) in [6, 6.07) is 7.49. The Bertz CT molecular complexity index is 546. The molecule has 0 unspecified atom stereocenters. The van der Waals surface area contributed by atoms with Crippen molar-refractivity contribution >= 4 is 5.97 Å². The van der Waals surface area contributed by atoms with E-state index in [1.54, 1.807) is 0 Å². The van der Waals surface area contributed by atoms with Gasteiger partial charge in [0.1, 0.15) is 5.75 Å². The van der Waals surface area contributed by atoms with E-state index in [1.807, 2.05) is 24.3 Å². The molecule has 2 rings (SSSR count). The lowest BCUT2D eigenvalue weighted by molar-refractivity contribution is -0.136. The first-order valence-electron chi connectivity index (χ1n) is 6.18. The zero-order valence-corrected chi connectivity index (χ0v) is 10.7. The Morgan fingerprint density at radius 2 is 2.11 bits per heavy atom. The number of rotatable bonds is 6. The predicted octanol–water partition coefficient (Wildman–Crippen LogP) is 2.49. The quantitative estimate of drug-likeness (QED) is 0.836. The fraction of sp³-hybridized carbons (Fsp3) is 0.286. The number of nitrogens with one attached hydrogen (secondary N) is 1. The van der Waals surface area contributed by atoms with Crippen LogP contribution >= 0.6 is 0 Å². The van der Waals surface area contributed by atoms with Gasteiger partial charge in [-0.05, 0) is 30.7 Å². The second-order valence-electron chi connectivity index (χ2n) is 4.17. The molecule has 100 valence electrons. The van der Waals surface area contributed by atoms with Crippen molar-refractivity contribution in [1.29, 1.82) is 0 Å². The van der Waals surface area contributed by atoms with Gasteiger partial charge in [0.2, 0.25) is 0 Å². The summed E-state index contributed by atoms with van der Waals surface area (Å²) in [6.45, 7) is 2.74. The van der Waals surface area contributed by atoms with Crippen molar-refractivity contribution in [3.8, 4) is 17.0 Å². The maximum absolute atomic E-state index is 10.8. The first kappa shape index (κ1) is 13.1. The van der Waals surface area contributed by atoms with E-state index in [0.29, 0.717) is 18.0 Å². The molecule has 19 heavy (non-hydrogen) atoms. The summed E-state index contributed by atoms with van der Waals surface area (Å²) in [5.74, 6) is -0.0747. The van der Waals surface area contributed by atoms with Crippen LogP contribution in [0.3, 0.4) is 0 Å². The Morgan fingerprint density at radius 1 is 1.37 bits per heavy atom. The minimum atomic E-state index is -0.881. The average molecular weight is 260 g/mol. The number of aliphatic carboxylic acids is 1. The number of carboxylic acid groups (broad SMARTS) is 1. The number of benzene rings is 1. The van der Waals surface area contributed by atoms with Crippen molar-refractivity contribution in [3.63, 3.8) is 0 Å². The van der Waals surface area contributed by atoms with Crippen LogP contribution in [0.5, 0.6) is 5.75 Å². The lowest BCUT2D eigenvalue weighted by Gasteiger charge is -2.05. The van der Waals surface area contributed by atoms with Crippen molar-refractivity contribution < 1.29 is 14.6 Å². The van der Waals surface area contributed by atoms with E-state index in [0.717, 1.165) is 17.7 Å². The van der Waals surface area contributed by atoms with Crippen LogP contribution < -0.4 is 4.74 Å². The molecule has 0 atom stereocenters. The number of H-pyrrole nitrogens is 1. The largest absolute Gasteiger partial charge is 0.494 e. The van der Waals surface area contributed by atoms with Gasteiger partial charge in [-0.15, -0.1) is 0 Å². The van der Waals surface area contributed by atoms with Crippen molar-refractivity contribution in [2.75, 3.05) is 6.61 Å². The monoisotopic (exact) mass is 260 g/mol. The van der Waals surface area contributed by atoms with Crippen molar-refractivity contribution in [3.05, 3.63) is 36.3 Å². The van der Waals surface area contributed by atoms with Crippen molar-refractivity contribution in [2.45, 2.75) is 19.8 Å². The van der Waals surface area contributed by atoms with Crippen LogP contribution in [0.15, 0.2) is 30.6 Å². The predicted molar refractivity (Wildman–Crippen MR) is 71.1 cm³/mol. The van der Waals surface area contributed by atoms with E-state index in [9.17, 15) is 4.79 Å². The number of hydrogen-bond acceptors (Lipinski definition) is 3. The topological polar surface area (TPSA) is 75.2 Å². The molecule has 0 amide bonds. The summed E-state index contributed by atoms with van der Waals surface area (Å²) in [4.78, 5) is 17.8. The molecule has 0 saturated carbocycles. The fourth-order valence-electron chi connectivity index (χ4n) is 1.78. The summed E-state index contributed by atoms with van der Waals surface area (Å²) in [6.07, 6.45) is 2.41. The van der Waals surface area contributed by atoms with E-state index in [4.69, 9.17) is 9.84 Å². The Labute approximate surface area is 111 Å². The van der Waals surface area contributed by atoms with Gasteiger partial charge in [-0.25, -0.2) is 4.98 Å². The number of hydrogen-bond donors (Lipinski definition) is 2. The zero-order chi connectivity index (χ0) is 13.7. The third-order valence-corrected chi connectivity index (χ3v) is 2.65. The zero-order valence-electron chi connectivity index (χ0n) is 10.7. The van der Waals surface area contributed by atoms with Crippen molar-refractivity contribution in [2.24, 2.45) is 0 Å². The van der Waals surface area contributed by atoms with Gasteiger partial charge in [0, 0.05) is 5.56 Å². The number of carboxylic acids is 1. The molecule has 5 heteroatoms. The molecule has 0 radical (unpaired) electrons. The van der Waals surface area contributed by atoms with Gasteiger partial charge in [-0.3, -0.25) is 4.79 Å². The SMILES string of the molecule is CCCOc1ccc(-c2nc[nH]c2CC(=O)O)cc1. The van der Waals surface area contributed by atoms with Crippen LogP contribution in [0.4, 0.5) is 0 Å². The van der Waals surface area contributed by atoms with E-state index in [-0.39, 0.29) is 6.42 Å². The highest BCUT2D eigenvalue weighted by molar-refractivity contribution is 5.74. The number of carbonyl (C=O) groups is 1. The highest BCUT2D eigenvalue weighted by Crippen LogP contribution is 2.23. The molecule has 0 saturated heterocycles. The summed E-state index contributed by atoms with van der Waals surface area (Å²) in [7, 11) is 0. The number of aromatic nitrogens is 2. The van der Waals surface area contributed by atoms with Crippen LogP contribution in [0.25, 0.3) is 11.3 Å². The number of imidazole rings is 1. The minimum absolute atomic E-state index is 0.0661. The third-order valence-electron chi connectivity index (χ3n) is 2.65. The van der Waals surface area contributed by atoms with Gasteiger partial charge in [-0.2, -0.15) is 0 Å².